The number of fused-ring (bicyclic) bond motifs is 3. The van der Waals surface area contributed by atoms with Crippen LogP contribution < -0.4 is 30.8 Å². The van der Waals surface area contributed by atoms with Crippen molar-refractivity contribution < 1.29 is 45.4 Å². The minimum absolute atomic E-state index is 0.00600. The molecule has 322 valence electrons. The van der Waals surface area contributed by atoms with E-state index in [-0.39, 0.29) is 50.5 Å². The SMILES string of the molecule is CC.CC#CC.CC#CCN1C(=O)C(F)(F)Oc2cc(F)c(-c3c(Cl)n(CC)n(CC)c3=O)cc21.O=C1Nc2cc(-c3c(Cl)n4n(c3=O)CCCC4)c(F)cc2OC1(F)F. The van der Waals surface area contributed by atoms with Crippen LogP contribution in [0.1, 0.15) is 61.3 Å². The molecular weight excluding hydrogens is 845 g/mol. The molecule has 60 heavy (non-hydrogen) atoms. The molecule has 12 nitrogen and oxygen atoms in total. The van der Waals surface area contributed by atoms with Crippen LogP contribution in [-0.4, -0.2) is 49.3 Å². The Kier molecular flexibility index (Phi) is 15.0. The van der Waals surface area contributed by atoms with E-state index in [1.807, 2.05) is 33.0 Å². The van der Waals surface area contributed by atoms with Crippen LogP contribution in [0.25, 0.3) is 22.3 Å². The Balaban J connectivity index is 0.000000236. The van der Waals surface area contributed by atoms with E-state index in [0.717, 1.165) is 25.0 Å². The number of anilines is 2. The lowest BCUT2D eigenvalue weighted by atomic mass is 10.1. The highest BCUT2D eigenvalue weighted by Gasteiger charge is 2.51. The lowest BCUT2D eigenvalue weighted by molar-refractivity contribution is -0.192. The third-order valence-corrected chi connectivity index (χ3v) is 9.80. The topological polar surface area (TPSA) is 122 Å². The van der Waals surface area contributed by atoms with Crippen molar-refractivity contribution in [2.45, 2.75) is 99.7 Å². The Morgan fingerprint density at radius 3 is 1.78 bits per heavy atom. The van der Waals surface area contributed by atoms with Crippen LogP contribution in [0.2, 0.25) is 10.3 Å². The summed E-state index contributed by atoms with van der Waals surface area (Å²) in [6, 6.07) is 3.60. The van der Waals surface area contributed by atoms with E-state index in [1.165, 1.54) is 21.0 Å². The van der Waals surface area contributed by atoms with Gasteiger partial charge in [0.25, 0.3) is 11.1 Å². The molecule has 3 aliphatic heterocycles. The molecule has 0 radical (unpaired) electrons. The van der Waals surface area contributed by atoms with Crippen LogP contribution in [0.3, 0.4) is 0 Å². The second kappa shape index (κ2) is 19.1. The zero-order valence-corrected chi connectivity index (χ0v) is 35.0. The number of hydrogen-bond donors (Lipinski definition) is 1. The van der Waals surface area contributed by atoms with Crippen molar-refractivity contribution >= 4 is 46.4 Å². The van der Waals surface area contributed by atoms with Crippen molar-refractivity contribution in [1.29, 1.82) is 0 Å². The van der Waals surface area contributed by atoms with Gasteiger partial charge in [-0.3, -0.25) is 33.4 Å². The summed E-state index contributed by atoms with van der Waals surface area (Å²) in [6.07, 6.45) is -6.62. The normalized spacial score (nSPS) is 15.1. The van der Waals surface area contributed by atoms with Crippen LogP contribution in [-0.2, 0) is 35.8 Å². The smallest absolute Gasteiger partial charge is 0.423 e. The summed E-state index contributed by atoms with van der Waals surface area (Å²) >= 11 is 12.6. The Morgan fingerprint density at radius 2 is 1.25 bits per heavy atom. The van der Waals surface area contributed by atoms with Gasteiger partial charge in [-0.2, -0.15) is 17.6 Å². The lowest BCUT2D eigenvalue weighted by Crippen LogP contribution is -2.51. The van der Waals surface area contributed by atoms with Crippen LogP contribution >= 0.6 is 23.2 Å². The second-order valence-electron chi connectivity index (χ2n) is 12.5. The third kappa shape index (κ3) is 8.90. The first-order chi connectivity index (χ1) is 28.4. The minimum Gasteiger partial charge on any atom is -0.423 e. The van der Waals surface area contributed by atoms with Gasteiger partial charge in [-0.25, -0.2) is 18.1 Å². The Bertz CT molecular complexity index is 2550. The highest BCUT2D eigenvalue weighted by atomic mass is 35.5. The number of nitrogens with one attached hydrogen (secondary N) is 1. The molecule has 20 heteroatoms. The van der Waals surface area contributed by atoms with Gasteiger partial charge in [0.2, 0.25) is 0 Å². The summed E-state index contributed by atoms with van der Waals surface area (Å²) in [5, 5.41) is 2.02. The molecule has 0 saturated heterocycles. The van der Waals surface area contributed by atoms with Crippen molar-refractivity contribution in [3.63, 3.8) is 0 Å². The number of rotatable bonds is 5. The summed E-state index contributed by atoms with van der Waals surface area (Å²) in [6.45, 7) is 13.9. The van der Waals surface area contributed by atoms with Gasteiger partial charge in [0.1, 0.15) is 21.9 Å². The molecule has 1 N–H and O–H groups in total. The number of hydrogen-bond acceptors (Lipinski definition) is 6. The van der Waals surface area contributed by atoms with Gasteiger partial charge < -0.3 is 14.8 Å². The van der Waals surface area contributed by atoms with E-state index < -0.39 is 58.3 Å². The first-order valence-corrected chi connectivity index (χ1v) is 19.3. The maximum absolute atomic E-state index is 14.8. The highest BCUT2D eigenvalue weighted by Crippen LogP contribution is 2.44. The average Bonchev–Trinajstić information content (AvgIpc) is 3.62. The van der Waals surface area contributed by atoms with E-state index in [2.05, 4.69) is 33.2 Å². The van der Waals surface area contributed by atoms with Gasteiger partial charge in [-0.05, 0) is 59.6 Å². The molecule has 0 spiro atoms. The molecule has 4 aromatic rings. The van der Waals surface area contributed by atoms with Gasteiger partial charge in [-0.1, -0.05) is 43.0 Å². The molecule has 2 amide bonds. The molecule has 0 atom stereocenters. The first-order valence-electron chi connectivity index (χ1n) is 18.5. The standard InChI is InChI=1S/C19H17ClF3N3O3.C15H11ClF3N3O3.C4H6.C2H6/c1-4-7-8-24-13-9-11(12(21)10-14(13)29-19(22,23)18(24)28)15-16(20)25(5-2)26(6-3)17(15)27;16-12-11(13(23)22-4-2-1-3-21(12)22)7-5-9-10(6-8(7)17)25-15(18,19)14(24)20-9;1-3-4-2;1-2/h9-10H,5-6,8H2,1-3H3;5-6H,1-4H2,(H,20,24);1-2H3;1-2H3. The molecule has 0 aliphatic carbocycles. The number of ether oxygens (including phenoxy) is 2. The molecule has 3 aliphatic rings. The van der Waals surface area contributed by atoms with Gasteiger partial charge in [0, 0.05) is 49.4 Å². The molecule has 0 fully saturated rings. The van der Waals surface area contributed by atoms with E-state index in [0.29, 0.717) is 43.2 Å². The minimum atomic E-state index is -4.16. The highest BCUT2D eigenvalue weighted by molar-refractivity contribution is 6.32. The van der Waals surface area contributed by atoms with Gasteiger partial charge >= 0.3 is 24.0 Å². The predicted octanol–water partition coefficient (Wildman–Crippen LogP) is 8.37. The number of carbonyl (C=O) groups is 2. The molecule has 0 saturated carbocycles. The number of nitrogens with zero attached hydrogens (tertiary/aromatic N) is 5. The Hall–Kier alpha value is -5.72. The molecule has 2 aromatic heterocycles. The molecule has 0 unspecified atom stereocenters. The molecule has 0 bridgehead atoms. The molecule has 7 rings (SSSR count). The van der Waals surface area contributed by atoms with E-state index in [9.17, 15) is 45.5 Å². The fourth-order valence-electron chi connectivity index (χ4n) is 6.26. The van der Waals surface area contributed by atoms with Crippen molar-refractivity contribution in [2.75, 3.05) is 16.8 Å². The largest absolute Gasteiger partial charge is 0.483 e. The van der Waals surface area contributed by atoms with Crippen LogP contribution in [0.4, 0.5) is 37.7 Å². The maximum atomic E-state index is 14.8. The number of alkyl halides is 4. The number of halogens is 8. The summed E-state index contributed by atoms with van der Waals surface area (Å²) < 4.78 is 98.2. The fraction of sp³-hybridized carbons (Fsp3) is 0.400. The monoisotopic (exact) mass is 884 g/mol. The summed E-state index contributed by atoms with van der Waals surface area (Å²) in [5.74, 6) is 4.12. The van der Waals surface area contributed by atoms with Gasteiger partial charge in [0.15, 0.2) is 11.5 Å². The van der Waals surface area contributed by atoms with E-state index in [1.54, 1.807) is 18.5 Å². The predicted molar refractivity (Wildman–Crippen MR) is 215 cm³/mol. The van der Waals surface area contributed by atoms with Gasteiger partial charge in [-0.15, -0.1) is 17.8 Å². The zero-order valence-electron chi connectivity index (χ0n) is 33.5. The van der Waals surface area contributed by atoms with Crippen LogP contribution in [0.5, 0.6) is 11.5 Å². The van der Waals surface area contributed by atoms with Crippen LogP contribution in [0, 0.1) is 35.3 Å². The van der Waals surface area contributed by atoms with Gasteiger partial charge in [0.05, 0.1) is 29.0 Å². The quantitative estimate of drug-likeness (QED) is 0.159. The maximum Gasteiger partial charge on any atom is 0.483 e. The number of aromatic nitrogens is 4. The number of carbonyl (C=O) groups excluding carboxylic acids is 2. The van der Waals surface area contributed by atoms with E-state index >= 15 is 0 Å². The summed E-state index contributed by atoms with van der Waals surface area (Å²) in [5.41, 5.74) is -1.89. The zero-order chi connectivity index (χ0) is 44.9. The number of benzene rings is 2. The average molecular weight is 886 g/mol. The lowest BCUT2D eigenvalue weighted by Gasteiger charge is -2.32. The summed E-state index contributed by atoms with van der Waals surface area (Å²) in [7, 11) is 0. The molecular formula is C40H40Cl2F6N6O6. The van der Waals surface area contributed by atoms with Crippen molar-refractivity contribution in [2.24, 2.45) is 0 Å². The summed E-state index contributed by atoms with van der Waals surface area (Å²) in [4.78, 5) is 49.5. The Labute approximate surface area is 350 Å². The number of amides is 2. The first kappa shape index (κ1) is 47.0. The fourth-order valence-corrected chi connectivity index (χ4v) is 7.02. The van der Waals surface area contributed by atoms with Crippen molar-refractivity contribution in [3.8, 4) is 57.4 Å². The van der Waals surface area contributed by atoms with Crippen LogP contribution in [0.15, 0.2) is 33.9 Å². The molecule has 5 heterocycles. The third-order valence-electron chi connectivity index (χ3n) is 9.03. The Morgan fingerprint density at radius 1 is 0.717 bits per heavy atom. The second-order valence-corrected chi connectivity index (χ2v) is 13.2. The van der Waals surface area contributed by atoms with Crippen molar-refractivity contribution in [3.05, 3.63) is 66.9 Å². The van der Waals surface area contributed by atoms with Crippen molar-refractivity contribution in [1.82, 2.24) is 18.7 Å². The molecule has 2 aromatic carbocycles. The van der Waals surface area contributed by atoms with E-state index in [4.69, 9.17) is 23.2 Å².